The van der Waals surface area contributed by atoms with Crippen molar-refractivity contribution in [1.82, 2.24) is 4.90 Å². The molecule has 4 nitrogen and oxygen atoms in total. The number of hydrogen-bond acceptors (Lipinski definition) is 4. The van der Waals surface area contributed by atoms with Crippen LogP contribution in [0.4, 0.5) is 5.69 Å². The maximum atomic E-state index is 6.14. The van der Waals surface area contributed by atoms with Crippen molar-refractivity contribution < 1.29 is 0 Å². The van der Waals surface area contributed by atoms with Gasteiger partial charge in [0.1, 0.15) is 0 Å². The highest BCUT2D eigenvalue weighted by atomic mass is 79.9. The van der Waals surface area contributed by atoms with Gasteiger partial charge >= 0.3 is 0 Å². The van der Waals surface area contributed by atoms with Crippen LogP contribution in [0.1, 0.15) is 13.3 Å². The van der Waals surface area contributed by atoms with Crippen LogP contribution in [0.2, 0.25) is 0 Å². The number of nitrogens with two attached hydrogens (primary N) is 1. The van der Waals surface area contributed by atoms with Gasteiger partial charge in [0.2, 0.25) is 0 Å². The average molecular weight is 323 g/mol. The fraction of sp³-hybridized carbons (Fsp3) is 0.500. The summed E-state index contributed by atoms with van der Waals surface area (Å²) in [5.74, 6) is 0.643. The second-order valence-corrected chi connectivity index (χ2v) is 6.59. The van der Waals surface area contributed by atoms with Crippen molar-refractivity contribution >= 4 is 27.6 Å². The molecule has 0 aromatic heterocycles. The highest BCUT2D eigenvalue weighted by molar-refractivity contribution is 9.10. The molecule has 0 aliphatic carbocycles. The van der Waals surface area contributed by atoms with E-state index in [2.05, 4.69) is 69.0 Å². The van der Waals surface area contributed by atoms with Crippen molar-refractivity contribution in [3.05, 3.63) is 28.7 Å². The molecule has 3 rings (SSSR count). The molecule has 0 bridgehead atoms. The molecule has 1 spiro atoms. The van der Waals surface area contributed by atoms with Crippen LogP contribution in [0.15, 0.2) is 33.7 Å². The molecule has 2 atom stereocenters. The largest absolute Gasteiger partial charge is 0.369 e. The zero-order valence-corrected chi connectivity index (χ0v) is 12.9. The third kappa shape index (κ3) is 2.05. The van der Waals surface area contributed by atoms with E-state index >= 15 is 0 Å². The minimum absolute atomic E-state index is 0.0338. The van der Waals surface area contributed by atoms with Crippen LogP contribution in [0.5, 0.6) is 0 Å². The summed E-state index contributed by atoms with van der Waals surface area (Å²) in [5.41, 5.74) is 7.30. The molecule has 5 heteroatoms. The Bertz CT molecular complexity index is 501. The Morgan fingerprint density at radius 3 is 2.63 bits per heavy atom. The summed E-state index contributed by atoms with van der Waals surface area (Å²) >= 11 is 3.48. The van der Waals surface area contributed by atoms with E-state index in [-0.39, 0.29) is 5.54 Å². The zero-order valence-electron chi connectivity index (χ0n) is 11.3. The summed E-state index contributed by atoms with van der Waals surface area (Å²) in [6.07, 6.45) is 1.10. The van der Waals surface area contributed by atoms with Gasteiger partial charge < -0.3 is 15.5 Å². The molecule has 2 aliphatic heterocycles. The van der Waals surface area contributed by atoms with Gasteiger partial charge in [0.25, 0.3) is 0 Å². The second-order valence-electron chi connectivity index (χ2n) is 5.68. The third-order valence-corrected chi connectivity index (χ3v) is 4.82. The number of likely N-dealkylation sites (tertiary alicyclic amines) is 1. The van der Waals surface area contributed by atoms with Crippen molar-refractivity contribution in [2.45, 2.75) is 24.9 Å². The molecular formula is C14H19BrN4. The fourth-order valence-electron chi connectivity index (χ4n) is 3.28. The lowest BCUT2D eigenvalue weighted by atomic mass is 9.94. The number of guanidine groups is 1. The molecular weight excluding hydrogens is 304 g/mol. The minimum atomic E-state index is 0.0338. The zero-order chi connectivity index (χ0) is 13.6. The Balaban J connectivity index is 1.97. The second kappa shape index (κ2) is 4.49. The SMILES string of the molecule is CC1CC2(CN=C(N)N2c2ccc(Br)cc2)CN1C. The number of anilines is 1. The normalized spacial score (nSPS) is 31.2. The molecule has 102 valence electrons. The summed E-state index contributed by atoms with van der Waals surface area (Å²) in [5, 5.41) is 0. The molecule has 1 saturated heterocycles. The van der Waals surface area contributed by atoms with Crippen LogP contribution < -0.4 is 10.6 Å². The highest BCUT2D eigenvalue weighted by Crippen LogP contribution is 2.38. The number of likely N-dealkylation sites (N-methyl/N-ethyl adjacent to an activating group) is 1. The van der Waals surface area contributed by atoms with Crippen molar-refractivity contribution in [2.24, 2.45) is 10.7 Å². The van der Waals surface area contributed by atoms with E-state index in [1.54, 1.807) is 0 Å². The number of nitrogens with zero attached hydrogens (tertiary/aromatic N) is 3. The minimum Gasteiger partial charge on any atom is -0.369 e. The van der Waals surface area contributed by atoms with Gasteiger partial charge in [-0.05, 0) is 44.7 Å². The van der Waals surface area contributed by atoms with E-state index in [0.717, 1.165) is 29.7 Å². The fourth-order valence-corrected chi connectivity index (χ4v) is 3.54. The van der Waals surface area contributed by atoms with Crippen molar-refractivity contribution in [2.75, 3.05) is 25.0 Å². The van der Waals surface area contributed by atoms with Gasteiger partial charge in [-0.1, -0.05) is 15.9 Å². The summed E-state index contributed by atoms with van der Waals surface area (Å²) in [7, 11) is 2.17. The molecule has 0 radical (unpaired) electrons. The molecule has 2 N–H and O–H groups in total. The van der Waals surface area contributed by atoms with Gasteiger partial charge in [-0.25, -0.2) is 0 Å². The predicted molar refractivity (Wildman–Crippen MR) is 82.6 cm³/mol. The van der Waals surface area contributed by atoms with Crippen LogP contribution in [0.25, 0.3) is 0 Å². The Kier molecular flexibility index (Phi) is 3.06. The Morgan fingerprint density at radius 1 is 1.37 bits per heavy atom. The molecule has 1 aromatic rings. The molecule has 2 aliphatic rings. The van der Waals surface area contributed by atoms with Gasteiger partial charge in [-0.3, -0.25) is 4.99 Å². The Hall–Kier alpha value is -1.07. The monoisotopic (exact) mass is 322 g/mol. The van der Waals surface area contributed by atoms with Gasteiger partial charge in [-0.2, -0.15) is 0 Å². The van der Waals surface area contributed by atoms with Crippen LogP contribution in [0.3, 0.4) is 0 Å². The topological polar surface area (TPSA) is 44.9 Å². The predicted octanol–water partition coefficient (Wildman–Crippen LogP) is 2.05. The molecule has 1 aromatic carbocycles. The van der Waals surface area contributed by atoms with Gasteiger partial charge in [0.15, 0.2) is 5.96 Å². The average Bonchev–Trinajstić information content (AvgIpc) is 2.82. The smallest absolute Gasteiger partial charge is 0.196 e. The van der Waals surface area contributed by atoms with Crippen LogP contribution in [-0.2, 0) is 0 Å². The lowest BCUT2D eigenvalue weighted by molar-refractivity contribution is 0.322. The summed E-state index contributed by atoms with van der Waals surface area (Å²) in [4.78, 5) is 9.11. The van der Waals surface area contributed by atoms with Gasteiger partial charge in [0, 0.05) is 22.7 Å². The molecule has 19 heavy (non-hydrogen) atoms. The summed E-state index contributed by atoms with van der Waals surface area (Å²) < 4.78 is 1.08. The summed E-state index contributed by atoms with van der Waals surface area (Å²) in [6, 6.07) is 8.87. The van der Waals surface area contributed by atoms with E-state index in [1.807, 2.05) is 0 Å². The molecule has 0 amide bonds. The van der Waals surface area contributed by atoms with Crippen molar-refractivity contribution in [3.8, 4) is 0 Å². The van der Waals surface area contributed by atoms with E-state index in [9.17, 15) is 0 Å². The molecule has 1 fully saturated rings. The number of hydrogen-bond donors (Lipinski definition) is 1. The molecule has 0 saturated carbocycles. The Morgan fingerprint density at radius 2 is 2.05 bits per heavy atom. The van der Waals surface area contributed by atoms with Gasteiger partial charge in [0.05, 0.1) is 12.1 Å². The quantitative estimate of drug-likeness (QED) is 0.860. The summed E-state index contributed by atoms with van der Waals surface area (Å²) in [6.45, 7) is 4.07. The number of rotatable bonds is 1. The first-order valence-corrected chi connectivity index (χ1v) is 7.37. The Labute approximate surface area is 122 Å². The van der Waals surface area contributed by atoms with Crippen molar-refractivity contribution in [3.63, 3.8) is 0 Å². The first-order chi connectivity index (χ1) is 9.02. The van der Waals surface area contributed by atoms with Crippen LogP contribution in [0, 0.1) is 0 Å². The highest BCUT2D eigenvalue weighted by Gasteiger charge is 2.49. The number of halogens is 1. The maximum absolute atomic E-state index is 6.14. The third-order valence-electron chi connectivity index (χ3n) is 4.30. The van der Waals surface area contributed by atoms with E-state index in [0.29, 0.717) is 12.0 Å². The van der Waals surface area contributed by atoms with Crippen LogP contribution >= 0.6 is 15.9 Å². The lowest BCUT2D eigenvalue weighted by Crippen LogP contribution is -2.53. The standard InChI is InChI=1S/C14H19BrN4/c1-10-7-14(9-18(10)2)8-17-13(16)19(14)12-5-3-11(15)4-6-12/h3-6,10H,7-9H2,1-2H3,(H2,16,17). The number of benzene rings is 1. The molecule has 2 unspecified atom stereocenters. The van der Waals surface area contributed by atoms with Crippen molar-refractivity contribution in [1.29, 1.82) is 0 Å². The maximum Gasteiger partial charge on any atom is 0.196 e. The van der Waals surface area contributed by atoms with E-state index < -0.39 is 0 Å². The number of aliphatic imine (C=N–C) groups is 1. The van der Waals surface area contributed by atoms with Gasteiger partial charge in [-0.15, -0.1) is 0 Å². The molecule has 2 heterocycles. The van der Waals surface area contributed by atoms with E-state index in [1.165, 1.54) is 0 Å². The van der Waals surface area contributed by atoms with E-state index in [4.69, 9.17) is 5.73 Å². The first-order valence-electron chi connectivity index (χ1n) is 6.58. The lowest BCUT2D eigenvalue weighted by Gasteiger charge is -2.36. The first kappa shape index (κ1) is 12.9. The van der Waals surface area contributed by atoms with Crippen LogP contribution in [-0.4, -0.2) is 42.6 Å².